The van der Waals surface area contributed by atoms with Gasteiger partial charge in [0.1, 0.15) is 12.4 Å². The van der Waals surface area contributed by atoms with Crippen LogP contribution in [-0.4, -0.2) is 62.0 Å². The number of ether oxygens (including phenoxy) is 1. The van der Waals surface area contributed by atoms with Gasteiger partial charge >= 0.3 is 0 Å². The number of carbonyl (C=O) groups is 1. The normalized spacial score (nSPS) is 17.3. The third-order valence-electron chi connectivity index (χ3n) is 3.62. The van der Waals surface area contributed by atoms with Crippen LogP contribution in [0.5, 0.6) is 5.75 Å². The summed E-state index contributed by atoms with van der Waals surface area (Å²) >= 11 is 0. The first kappa shape index (κ1) is 14.0. The van der Waals surface area contributed by atoms with Crippen molar-refractivity contribution in [2.45, 2.75) is 6.92 Å². The Kier molecular flexibility index (Phi) is 5.36. The highest BCUT2D eigenvalue weighted by Gasteiger charge is 2.15. The third-order valence-corrected chi connectivity index (χ3v) is 3.62. The van der Waals surface area contributed by atoms with Crippen molar-refractivity contribution in [2.24, 2.45) is 0 Å². The van der Waals surface area contributed by atoms with Crippen LogP contribution in [0, 0.1) is 0 Å². The van der Waals surface area contributed by atoms with Gasteiger partial charge in [0.25, 0.3) is 0 Å². The van der Waals surface area contributed by atoms with Crippen molar-refractivity contribution < 1.29 is 9.53 Å². The fourth-order valence-corrected chi connectivity index (χ4v) is 2.32. The molecule has 0 spiro atoms. The summed E-state index contributed by atoms with van der Waals surface area (Å²) in [6.45, 7) is 9.38. The van der Waals surface area contributed by atoms with E-state index in [1.54, 1.807) is 6.07 Å². The summed E-state index contributed by atoms with van der Waals surface area (Å²) in [6, 6.07) is 7.37. The molecule has 1 heterocycles. The number of para-hydroxylation sites is 1. The quantitative estimate of drug-likeness (QED) is 0.728. The van der Waals surface area contributed by atoms with Crippen LogP contribution in [0.15, 0.2) is 24.3 Å². The molecular weight excluding hydrogens is 240 g/mol. The molecule has 1 aliphatic heterocycles. The van der Waals surface area contributed by atoms with Gasteiger partial charge in [0.05, 0.1) is 5.56 Å². The van der Waals surface area contributed by atoms with E-state index < -0.39 is 0 Å². The predicted molar refractivity (Wildman–Crippen MR) is 75.9 cm³/mol. The van der Waals surface area contributed by atoms with Gasteiger partial charge in [-0.05, 0) is 18.7 Å². The van der Waals surface area contributed by atoms with E-state index in [1.807, 2.05) is 18.2 Å². The molecule has 0 atom stereocenters. The molecule has 19 heavy (non-hydrogen) atoms. The summed E-state index contributed by atoms with van der Waals surface area (Å²) in [5.74, 6) is 0.685. The van der Waals surface area contributed by atoms with E-state index in [2.05, 4.69) is 16.7 Å². The molecule has 2 rings (SSSR count). The van der Waals surface area contributed by atoms with Gasteiger partial charge in [-0.3, -0.25) is 9.69 Å². The third kappa shape index (κ3) is 4.04. The minimum Gasteiger partial charge on any atom is -0.492 e. The van der Waals surface area contributed by atoms with Crippen molar-refractivity contribution in [3.8, 4) is 5.75 Å². The molecule has 0 radical (unpaired) electrons. The summed E-state index contributed by atoms with van der Waals surface area (Å²) in [7, 11) is 0. The fourth-order valence-electron chi connectivity index (χ4n) is 2.32. The van der Waals surface area contributed by atoms with E-state index in [0.29, 0.717) is 17.9 Å². The average molecular weight is 262 g/mol. The Hall–Kier alpha value is -1.39. The highest BCUT2D eigenvalue weighted by Crippen LogP contribution is 2.15. The van der Waals surface area contributed by atoms with Crippen molar-refractivity contribution in [3.05, 3.63) is 29.8 Å². The molecule has 1 fully saturated rings. The maximum atomic E-state index is 10.9. The van der Waals surface area contributed by atoms with Crippen LogP contribution >= 0.6 is 0 Å². The largest absolute Gasteiger partial charge is 0.492 e. The molecule has 0 amide bonds. The summed E-state index contributed by atoms with van der Waals surface area (Å²) in [6.07, 6.45) is 0.843. The summed E-state index contributed by atoms with van der Waals surface area (Å²) in [5.41, 5.74) is 0.623. The molecule has 0 aliphatic carbocycles. The lowest BCUT2D eigenvalue weighted by Gasteiger charge is -2.33. The molecule has 0 N–H and O–H groups in total. The van der Waals surface area contributed by atoms with E-state index >= 15 is 0 Å². The number of rotatable bonds is 6. The van der Waals surface area contributed by atoms with Crippen molar-refractivity contribution in [3.63, 3.8) is 0 Å². The predicted octanol–water partition coefficient (Wildman–Crippen LogP) is 1.52. The molecular formula is C15H22N2O2. The molecule has 1 saturated heterocycles. The number of carbonyl (C=O) groups excluding carboxylic acids is 1. The summed E-state index contributed by atoms with van der Waals surface area (Å²) < 4.78 is 5.70. The van der Waals surface area contributed by atoms with Crippen LogP contribution in [0.1, 0.15) is 17.3 Å². The van der Waals surface area contributed by atoms with Gasteiger partial charge in [0.2, 0.25) is 0 Å². The van der Waals surface area contributed by atoms with Crippen LogP contribution < -0.4 is 4.74 Å². The van der Waals surface area contributed by atoms with Crippen LogP contribution in [0.4, 0.5) is 0 Å². The van der Waals surface area contributed by atoms with Crippen LogP contribution in [-0.2, 0) is 0 Å². The van der Waals surface area contributed by atoms with Crippen LogP contribution in [0.2, 0.25) is 0 Å². The Balaban J connectivity index is 1.73. The van der Waals surface area contributed by atoms with E-state index in [1.165, 1.54) is 0 Å². The first-order valence-electron chi connectivity index (χ1n) is 6.95. The molecule has 0 bridgehead atoms. The van der Waals surface area contributed by atoms with E-state index in [0.717, 1.165) is 45.6 Å². The SMILES string of the molecule is CCN1CCN(CCOc2ccccc2C=O)CC1. The monoisotopic (exact) mass is 262 g/mol. The highest BCUT2D eigenvalue weighted by atomic mass is 16.5. The van der Waals surface area contributed by atoms with E-state index in [-0.39, 0.29) is 0 Å². The average Bonchev–Trinajstić information content (AvgIpc) is 2.48. The van der Waals surface area contributed by atoms with Gasteiger partial charge in [-0.2, -0.15) is 0 Å². The number of benzene rings is 1. The zero-order chi connectivity index (χ0) is 13.5. The number of aldehydes is 1. The van der Waals surface area contributed by atoms with Crippen LogP contribution in [0.3, 0.4) is 0 Å². The first-order chi connectivity index (χ1) is 9.33. The Morgan fingerprint density at radius 1 is 1.16 bits per heavy atom. The van der Waals surface area contributed by atoms with Crippen molar-refractivity contribution in [1.29, 1.82) is 0 Å². The molecule has 4 nitrogen and oxygen atoms in total. The zero-order valence-electron chi connectivity index (χ0n) is 11.5. The second-order valence-electron chi connectivity index (χ2n) is 4.78. The first-order valence-corrected chi connectivity index (χ1v) is 6.95. The van der Waals surface area contributed by atoms with Gasteiger partial charge in [-0.1, -0.05) is 19.1 Å². The van der Waals surface area contributed by atoms with E-state index in [9.17, 15) is 4.79 Å². The minimum absolute atomic E-state index is 0.623. The second-order valence-corrected chi connectivity index (χ2v) is 4.78. The topological polar surface area (TPSA) is 32.8 Å². The molecule has 0 aromatic heterocycles. The number of piperazine rings is 1. The van der Waals surface area contributed by atoms with Gasteiger partial charge in [0, 0.05) is 32.7 Å². The Bertz CT molecular complexity index is 401. The molecule has 4 heteroatoms. The highest BCUT2D eigenvalue weighted by molar-refractivity contribution is 5.79. The zero-order valence-corrected chi connectivity index (χ0v) is 11.5. The lowest BCUT2D eigenvalue weighted by molar-refractivity contribution is 0.111. The molecule has 1 aromatic rings. The molecule has 104 valence electrons. The van der Waals surface area contributed by atoms with E-state index in [4.69, 9.17) is 4.74 Å². The standard InChI is InChI=1S/C15H22N2O2/c1-2-16-7-9-17(10-8-16)11-12-19-15-6-4-3-5-14(15)13-18/h3-6,13H,2,7-12H2,1H3. The Morgan fingerprint density at radius 2 is 1.84 bits per heavy atom. The Morgan fingerprint density at radius 3 is 2.53 bits per heavy atom. The Labute approximate surface area is 115 Å². The molecule has 0 unspecified atom stereocenters. The lowest BCUT2D eigenvalue weighted by atomic mass is 10.2. The number of hydrogen-bond acceptors (Lipinski definition) is 4. The van der Waals surface area contributed by atoms with Gasteiger partial charge < -0.3 is 9.64 Å². The summed E-state index contributed by atoms with van der Waals surface area (Å²) in [5, 5.41) is 0. The summed E-state index contributed by atoms with van der Waals surface area (Å²) in [4.78, 5) is 15.7. The number of likely N-dealkylation sites (N-methyl/N-ethyl adjacent to an activating group) is 1. The van der Waals surface area contributed by atoms with Gasteiger partial charge in [-0.25, -0.2) is 0 Å². The number of hydrogen-bond donors (Lipinski definition) is 0. The second kappa shape index (κ2) is 7.26. The lowest BCUT2D eigenvalue weighted by Crippen LogP contribution is -2.47. The van der Waals surface area contributed by atoms with Crippen molar-refractivity contribution in [2.75, 3.05) is 45.9 Å². The van der Waals surface area contributed by atoms with Gasteiger partial charge in [0.15, 0.2) is 6.29 Å². The van der Waals surface area contributed by atoms with Crippen molar-refractivity contribution in [1.82, 2.24) is 9.80 Å². The maximum Gasteiger partial charge on any atom is 0.153 e. The molecule has 1 aliphatic rings. The molecule has 1 aromatic carbocycles. The minimum atomic E-state index is 0.623. The van der Waals surface area contributed by atoms with Gasteiger partial charge in [-0.15, -0.1) is 0 Å². The fraction of sp³-hybridized carbons (Fsp3) is 0.533. The van der Waals surface area contributed by atoms with Crippen LogP contribution in [0.25, 0.3) is 0 Å². The molecule has 0 saturated carbocycles. The maximum absolute atomic E-state index is 10.9. The smallest absolute Gasteiger partial charge is 0.153 e. The number of nitrogens with zero attached hydrogens (tertiary/aromatic N) is 2. The van der Waals surface area contributed by atoms with Crippen molar-refractivity contribution >= 4 is 6.29 Å².